The third-order valence-corrected chi connectivity index (χ3v) is 4.61. The summed E-state index contributed by atoms with van der Waals surface area (Å²) in [6.45, 7) is 4.33. The van der Waals surface area contributed by atoms with Crippen molar-refractivity contribution in [2.24, 2.45) is 11.7 Å². The number of para-hydroxylation sites is 1. The SMILES string of the molecule is CCOC(=O)c1oc2ccccc2c1C[NH+]1CCC[C@@H](C(N)=O)C1. The van der Waals surface area contributed by atoms with E-state index in [9.17, 15) is 9.59 Å². The largest absolute Gasteiger partial charge is 0.460 e. The van der Waals surface area contributed by atoms with E-state index in [-0.39, 0.29) is 17.6 Å². The first-order valence-electron chi connectivity index (χ1n) is 8.40. The predicted octanol–water partition coefficient (Wildman–Crippen LogP) is 0.890. The van der Waals surface area contributed by atoms with E-state index in [1.807, 2.05) is 24.3 Å². The second kappa shape index (κ2) is 7.05. The molecule has 0 aliphatic carbocycles. The fraction of sp³-hybridized carbons (Fsp3) is 0.444. The summed E-state index contributed by atoms with van der Waals surface area (Å²) in [7, 11) is 0. The maximum Gasteiger partial charge on any atom is 0.374 e. The molecule has 0 radical (unpaired) electrons. The molecule has 1 aliphatic heterocycles. The molecular formula is C18H23N2O4+. The van der Waals surface area contributed by atoms with Crippen molar-refractivity contribution in [2.75, 3.05) is 19.7 Å². The fourth-order valence-electron chi connectivity index (χ4n) is 3.44. The highest BCUT2D eigenvalue weighted by atomic mass is 16.5. The molecule has 1 aliphatic rings. The van der Waals surface area contributed by atoms with Gasteiger partial charge in [0.05, 0.1) is 31.2 Å². The molecule has 2 heterocycles. The number of hydrogen-bond acceptors (Lipinski definition) is 4. The molecule has 3 rings (SSSR count). The Balaban J connectivity index is 1.91. The van der Waals surface area contributed by atoms with Crippen molar-refractivity contribution in [3.8, 4) is 0 Å². The van der Waals surface area contributed by atoms with Gasteiger partial charge in [-0.25, -0.2) is 4.79 Å². The minimum Gasteiger partial charge on any atom is -0.460 e. The van der Waals surface area contributed by atoms with Gasteiger partial charge in [-0.15, -0.1) is 0 Å². The number of nitrogens with two attached hydrogens (primary N) is 1. The molecule has 128 valence electrons. The molecule has 2 aromatic rings. The summed E-state index contributed by atoms with van der Waals surface area (Å²) >= 11 is 0. The first-order valence-corrected chi connectivity index (χ1v) is 8.40. The molecule has 1 unspecified atom stereocenters. The van der Waals surface area contributed by atoms with Crippen LogP contribution in [-0.4, -0.2) is 31.6 Å². The second-order valence-electron chi connectivity index (χ2n) is 6.25. The first-order chi connectivity index (χ1) is 11.6. The van der Waals surface area contributed by atoms with E-state index >= 15 is 0 Å². The number of likely N-dealkylation sites (tertiary alicyclic amines) is 1. The van der Waals surface area contributed by atoms with Crippen LogP contribution in [0.2, 0.25) is 0 Å². The Bertz CT molecular complexity index is 753. The van der Waals surface area contributed by atoms with Gasteiger partial charge in [-0.05, 0) is 25.8 Å². The number of ether oxygens (including phenoxy) is 1. The number of primary amides is 1. The summed E-state index contributed by atoms with van der Waals surface area (Å²) < 4.78 is 10.9. The van der Waals surface area contributed by atoms with Gasteiger partial charge in [0.25, 0.3) is 0 Å². The molecule has 3 N–H and O–H groups in total. The Morgan fingerprint density at radius 3 is 2.92 bits per heavy atom. The molecule has 1 aromatic carbocycles. The number of quaternary nitrogens is 1. The van der Waals surface area contributed by atoms with E-state index in [0.29, 0.717) is 25.3 Å². The summed E-state index contributed by atoms with van der Waals surface area (Å²) in [5, 5.41) is 0.925. The molecule has 0 spiro atoms. The van der Waals surface area contributed by atoms with E-state index in [1.165, 1.54) is 4.90 Å². The van der Waals surface area contributed by atoms with Gasteiger partial charge in [0.15, 0.2) is 0 Å². The Hall–Kier alpha value is -2.34. The van der Waals surface area contributed by atoms with Crippen LogP contribution in [0.4, 0.5) is 0 Å². The Kier molecular flexibility index (Phi) is 4.85. The lowest BCUT2D eigenvalue weighted by atomic mass is 9.97. The summed E-state index contributed by atoms with van der Waals surface area (Å²) in [4.78, 5) is 25.0. The fourth-order valence-corrected chi connectivity index (χ4v) is 3.44. The number of carbonyl (C=O) groups is 2. The molecule has 2 atom stereocenters. The third kappa shape index (κ3) is 3.28. The number of hydrogen-bond donors (Lipinski definition) is 2. The zero-order chi connectivity index (χ0) is 17.1. The van der Waals surface area contributed by atoms with E-state index in [1.54, 1.807) is 6.92 Å². The molecular weight excluding hydrogens is 308 g/mol. The zero-order valence-corrected chi connectivity index (χ0v) is 13.8. The van der Waals surface area contributed by atoms with Crippen molar-refractivity contribution in [1.29, 1.82) is 0 Å². The molecule has 6 heteroatoms. The van der Waals surface area contributed by atoms with Crippen LogP contribution in [0.25, 0.3) is 11.0 Å². The molecule has 1 amide bonds. The van der Waals surface area contributed by atoms with E-state index in [2.05, 4.69) is 0 Å². The zero-order valence-electron chi connectivity index (χ0n) is 13.8. The van der Waals surface area contributed by atoms with Crippen molar-refractivity contribution in [3.05, 3.63) is 35.6 Å². The number of nitrogens with one attached hydrogen (secondary N) is 1. The predicted molar refractivity (Wildman–Crippen MR) is 88.5 cm³/mol. The quantitative estimate of drug-likeness (QED) is 0.797. The van der Waals surface area contributed by atoms with Crippen LogP contribution in [0.15, 0.2) is 28.7 Å². The number of esters is 1. The topological polar surface area (TPSA) is 87.0 Å². The maximum atomic E-state index is 12.3. The highest BCUT2D eigenvalue weighted by Crippen LogP contribution is 2.26. The number of piperidine rings is 1. The minimum absolute atomic E-state index is 0.0991. The van der Waals surface area contributed by atoms with Crippen molar-refractivity contribution < 1.29 is 23.6 Å². The van der Waals surface area contributed by atoms with Crippen LogP contribution in [0.1, 0.15) is 35.9 Å². The number of furan rings is 1. The van der Waals surface area contributed by atoms with Gasteiger partial charge in [-0.3, -0.25) is 4.79 Å². The number of benzene rings is 1. The lowest BCUT2D eigenvalue weighted by Crippen LogP contribution is -3.12. The number of amides is 1. The van der Waals surface area contributed by atoms with Gasteiger partial charge in [0.1, 0.15) is 12.1 Å². The van der Waals surface area contributed by atoms with Crippen LogP contribution >= 0.6 is 0 Å². The molecule has 6 nitrogen and oxygen atoms in total. The molecule has 0 bridgehead atoms. The molecule has 24 heavy (non-hydrogen) atoms. The normalized spacial score (nSPS) is 20.9. The van der Waals surface area contributed by atoms with Crippen molar-refractivity contribution >= 4 is 22.8 Å². The number of fused-ring (bicyclic) bond motifs is 1. The van der Waals surface area contributed by atoms with Crippen molar-refractivity contribution in [2.45, 2.75) is 26.3 Å². The summed E-state index contributed by atoms with van der Waals surface area (Å²) in [6.07, 6.45) is 1.79. The van der Waals surface area contributed by atoms with E-state index < -0.39 is 5.97 Å². The van der Waals surface area contributed by atoms with Gasteiger partial charge in [-0.1, -0.05) is 18.2 Å². The maximum absolute atomic E-state index is 12.3. The average Bonchev–Trinajstić information content (AvgIpc) is 2.94. The highest BCUT2D eigenvalue weighted by Gasteiger charge is 2.30. The molecule has 1 saturated heterocycles. The molecule has 1 fully saturated rings. The first kappa shape index (κ1) is 16.5. The minimum atomic E-state index is -0.438. The summed E-state index contributed by atoms with van der Waals surface area (Å²) in [5.41, 5.74) is 7.00. The molecule has 0 saturated carbocycles. The summed E-state index contributed by atoms with van der Waals surface area (Å²) in [6, 6.07) is 7.60. The second-order valence-corrected chi connectivity index (χ2v) is 6.25. The molecule has 1 aromatic heterocycles. The van der Waals surface area contributed by atoms with Crippen LogP contribution in [0, 0.1) is 5.92 Å². The number of carbonyl (C=O) groups excluding carboxylic acids is 2. The van der Waals surface area contributed by atoms with Gasteiger partial charge in [-0.2, -0.15) is 0 Å². The standard InChI is InChI=1S/C18H22N2O4/c1-2-23-18(22)16-14(13-7-3-4-8-15(13)24-16)11-20-9-5-6-12(10-20)17(19)21/h3-4,7-8,12H,2,5-6,9-11H2,1H3,(H2,19,21)/p+1/t12-/m1/s1. The van der Waals surface area contributed by atoms with Gasteiger partial charge < -0.3 is 19.8 Å². The Morgan fingerprint density at radius 2 is 2.17 bits per heavy atom. The van der Waals surface area contributed by atoms with Gasteiger partial charge in [0, 0.05) is 5.39 Å². The summed E-state index contributed by atoms with van der Waals surface area (Å²) in [5.74, 6) is -0.508. The lowest BCUT2D eigenvalue weighted by Gasteiger charge is -2.28. The Labute approximate surface area is 140 Å². The number of rotatable bonds is 5. The van der Waals surface area contributed by atoms with Gasteiger partial charge in [0.2, 0.25) is 11.7 Å². The van der Waals surface area contributed by atoms with Gasteiger partial charge >= 0.3 is 5.97 Å². The van der Waals surface area contributed by atoms with E-state index in [4.69, 9.17) is 14.9 Å². The third-order valence-electron chi connectivity index (χ3n) is 4.61. The monoisotopic (exact) mass is 331 g/mol. The lowest BCUT2D eigenvalue weighted by molar-refractivity contribution is -0.920. The highest BCUT2D eigenvalue weighted by molar-refractivity contribution is 5.96. The van der Waals surface area contributed by atoms with Crippen LogP contribution < -0.4 is 10.6 Å². The smallest absolute Gasteiger partial charge is 0.374 e. The van der Waals surface area contributed by atoms with Crippen molar-refractivity contribution in [1.82, 2.24) is 0 Å². The van der Waals surface area contributed by atoms with Crippen LogP contribution in [-0.2, 0) is 16.1 Å². The van der Waals surface area contributed by atoms with Crippen molar-refractivity contribution in [3.63, 3.8) is 0 Å². The average molecular weight is 331 g/mol. The van der Waals surface area contributed by atoms with E-state index in [0.717, 1.165) is 30.3 Å². The van der Waals surface area contributed by atoms with Crippen LogP contribution in [0.5, 0.6) is 0 Å². The Morgan fingerprint density at radius 1 is 1.38 bits per heavy atom. The van der Waals surface area contributed by atoms with Crippen LogP contribution in [0.3, 0.4) is 0 Å².